The van der Waals surface area contributed by atoms with E-state index in [1.807, 2.05) is 11.4 Å². The molecule has 98 valence electrons. The van der Waals surface area contributed by atoms with Crippen LogP contribution < -0.4 is 4.87 Å². The average Bonchev–Trinajstić information content (AvgIpc) is 2.95. The summed E-state index contributed by atoms with van der Waals surface area (Å²) in [6.45, 7) is 4.11. The van der Waals surface area contributed by atoms with Crippen LogP contribution in [0.2, 0.25) is 0 Å². The van der Waals surface area contributed by atoms with Crippen LogP contribution in [0.4, 0.5) is 0 Å². The summed E-state index contributed by atoms with van der Waals surface area (Å²) in [6.07, 6.45) is 2.40. The number of thiophene rings is 1. The van der Waals surface area contributed by atoms with Gasteiger partial charge in [-0.05, 0) is 31.5 Å². The Hall–Kier alpha value is -0.910. The Kier molecular flexibility index (Phi) is 4.74. The maximum atomic E-state index is 11.6. The van der Waals surface area contributed by atoms with E-state index in [1.54, 1.807) is 11.3 Å². The van der Waals surface area contributed by atoms with E-state index in [0.29, 0.717) is 0 Å². The molecular formula is C13H18N2OS2. The lowest BCUT2D eigenvalue weighted by Crippen LogP contribution is -2.18. The van der Waals surface area contributed by atoms with Gasteiger partial charge < -0.3 is 9.88 Å². The molecule has 0 bridgehead atoms. The number of aromatic nitrogens is 1. The zero-order chi connectivity index (χ0) is 13.0. The highest BCUT2D eigenvalue weighted by molar-refractivity contribution is 7.14. The van der Waals surface area contributed by atoms with Gasteiger partial charge in [0.25, 0.3) is 0 Å². The second-order valence-electron chi connectivity index (χ2n) is 4.38. The monoisotopic (exact) mass is 282 g/mol. The summed E-state index contributed by atoms with van der Waals surface area (Å²) in [5.41, 5.74) is 1.00. The number of thiazole rings is 1. The first-order valence-corrected chi connectivity index (χ1v) is 7.84. The molecule has 0 saturated carbocycles. The quantitative estimate of drug-likeness (QED) is 0.881. The molecule has 0 saturated heterocycles. The molecule has 2 heterocycles. The minimum Gasteiger partial charge on any atom is -0.311 e. The second-order valence-corrected chi connectivity index (χ2v) is 6.40. The number of H-pyrrole nitrogens is 1. The molecule has 0 amide bonds. The Morgan fingerprint density at radius 3 is 2.94 bits per heavy atom. The van der Waals surface area contributed by atoms with Gasteiger partial charge in [-0.3, -0.25) is 4.79 Å². The second kappa shape index (κ2) is 6.31. The molecule has 1 N–H and O–H groups in total. The Bertz CT molecular complexity index is 527. The molecule has 2 aromatic heterocycles. The maximum absolute atomic E-state index is 11.6. The summed E-state index contributed by atoms with van der Waals surface area (Å²) in [6, 6.07) is 4.07. The van der Waals surface area contributed by atoms with Crippen LogP contribution in [0.15, 0.2) is 22.3 Å². The van der Waals surface area contributed by atoms with Crippen LogP contribution in [0.25, 0.3) is 10.6 Å². The van der Waals surface area contributed by atoms with E-state index < -0.39 is 0 Å². The third-order valence-electron chi connectivity index (χ3n) is 2.80. The van der Waals surface area contributed by atoms with Crippen molar-refractivity contribution in [3.63, 3.8) is 0 Å². The average molecular weight is 282 g/mol. The predicted molar refractivity (Wildman–Crippen MR) is 79.5 cm³/mol. The third kappa shape index (κ3) is 3.31. The van der Waals surface area contributed by atoms with Gasteiger partial charge in [-0.1, -0.05) is 30.7 Å². The van der Waals surface area contributed by atoms with Crippen molar-refractivity contribution in [3.05, 3.63) is 32.1 Å². The minimum absolute atomic E-state index is 0.0392. The molecule has 3 nitrogen and oxygen atoms in total. The highest BCUT2D eigenvalue weighted by atomic mass is 32.1. The fraction of sp³-hybridized carbons (Fsp3) is 0.462. The van der Waals surface area contributed by atoms with Gasteiger partial charge >= 0.3 is 4.87 Å². The predicted octanol–water partition coefficient (Wildman–Crippen LogP) is 3.40. The third-order valence-corrected chi connectivity index (χ3v) is 4.55. The fourth-order valence-corrected chi connectivity index (χ4v) is 3.59. The summed E-state index contributed by atoms with van der Waals surface area (Å²) in [7, 11) is 2.11. The normalized spacial score (nSPS) is 11.3. The van der Waals surface area contributed by atoms with Crippen molar-refractivity contribution in [3.8, 4) is 10.6 Å². The van der Waals surface area contributed by atoms with Gasteiger partial charge in [-0.2, -0.15) is 0 Å². The zero-order valence-electron chi connectivity index (χ0n) is 10.7. The highest BCUT2D eigenvalue weighted by Gasteiger charge is 2.12. The van der Waals surface area contributed by atoms with Crippen molar-refractivity contribution < 1.29 is 0 Å². The Morgan fingerprint density at radius 1 is 1.44 bits per heavy atom. The number of nitrogens with zero attached hydrogens (tertiary/aromatic N) is 1. The smallest absolute Gasteiger partial charge is 0.305 e. The van der Waals surface area contributed by atoms with E-state index in [2.05, 4.69) is 29.9 Å². The maximum Gasteiger partial charge on any atom is 0.305 e. The molecule has 0 radical (unpaired) electrons. The zero-order valence-corrected chi connectivity index (χ0v) is 12.4. The topological polar surface area (TPSA) is 36.1 Å². The van der Waals surface area contributed by atoms with Crippen LogP contribution in [0, 0.1) is 0 Å². The van der Waals surface area contributed by atoms with Gasteiger partial charge in [-0.15, -0.1) is 11.3 Å². The van der Waals surface area contributed by atoms with Crippen molar-refractivity contribution in [1.29, 1.82) is 0 Å². The van der Waals surface area contributed by atoms with Gasteiger partial charge in [0.2, 0.25) is 0 Å². The van der Waals surface area contributed by atoms with Gasteiger partial charge in [0, 0.05) is 11.4 Å². The first kappa shape index (κ1) is 13.5. The van der Waals surface area contributed by atoms with Crippen LogP contribution in [0.1, 0.15) is 24.6 Å². The SMILES string of the molecule is CCCCN(C)Cc1sc(=O)[nH]c1-c1cccs1. The van der Waals surface area contributed by atoms with Gasteiger partial charge in [0.05, 0.1) is 10.6 Å². The lowest BCUT2D eigenvalue weighted by atomic mass is 10.2. The first-order chi connectivity index (χ1) is 8.70. The number of unbranched alkanes of at least 4 members (excludes halogenated alkanes) is 1. The molecule has 0 spiro atoms. The molecule has 0 aliphatic heterocycles. The molecule has 18 heavy (non-hydrogen) atoms. The van der Waals surface area contributed by atoms with E-state index in [0.717, 1.165) is 28.5 Å². The molecule has 0 unspecified atom stereocenters. The minimum atomic E-state index is 0.0392. The summed E-state index contributed by atoms with van der Waals surface area (Å²) in [5, 5.41) is 2.04. The number of hydrogen-bond acceptors (Lipinski definition) is 4. The molecule has 0 aliphatic carbocycles. The molecule has 0 fully saturated rings. The van der Waals surface area contributed by atoms with E-state index in [1.165, 1.54) is 24.2 Å². The van der Waals surface area contributed by atoms with Crippen molar-refractivity contribution in [2.75, 3.05) is 13.6 Å². The van der Waals surface area contributed by atoms with Crippen molar-refractivity contribution in [1.82, 2.24) is 9.88 Å². The van der Waals surface area contributed by atoms with Crippen LogP contribution in [0.5, 0.6) is 0 Å². The van der Waals surface area contributed by atoms with Crippen molar-refractivity contribution >= 4 is 22.7 Å². The van der Waals surface area contributed by atoms with Crippen molar-refractivity contribution in [2.45, 2.75) is 26.3 Å². The fourth-order valence-electron chi connectivity index (χ4n) is 1.84. The van der Waals surface area contributed by atoms with Gasteiger partial charge in [-0.25, -0.2) is 0 Å². The molecular weight excluding hydrogens is 264 g/mol. The van der Waals surface area contributed by atoms with E-state index in [4.69, 9.17) is 0 Å². The van der Waals surface area contributed by atoms with Gasteiger partial charge in [0.15, 0.2) is 0 Å². The van der Waals surface area contributed by atoms with E-state index in [-0.39, 0.29) is 4.87 Å². The molecule has 0 aliphatic rings. The molecule has 2 aromatic rings. The number of hydrogen-bond donors (Lipinski definition) is 1. The molecule has 0 atom stereocenters. The number of nitrogens with one attached hydrogen (secondary N) is 1. The van der Waals surface area contributed by atoms with Crippen molar-refractivity contribution in [2.24, 2.45) is 0 Å². The van der Waals surface area contributed by atoms with Crippen LogP contribution in [-0.4, -0.2) is 23.5 Å². The molecule has 5 heteroatoms. The van der Waals surface area contributed by atoms with E-state index in [9.17, 15) is 4.79 Å². The first-order valence-electron chi connectivity index (χ1n) is 6.15. The number of aromatic amines is 1. The number of rotatable bonds is 6. The Balaban J connectivity index is 2.15. The molecule has 2 rings (SSSR count). The largest absolute Gasteiger partial charge is 0.311 e. The summed E-state index contributed by atoms with van der Waals surface area (Å²) >= 11 is 2.99. The lowest BCUT2D eigenvalue weighted by Gasteiger charge is -2.15. The standard InChI is InChI=1S/C13H18N2OS2/c1-3-4-7-15(2)9-11-12(14-13(16)18-11)10-6-5-8-17-10/h5-6,8H,3-4,7,9H2,1-2H3,(H,14,16). The van der Waals surface area contributed by atoms with Crippen LogP contribution in [0.3, 0.4) is 0 Å². The highest BCUT2D eigenvalue weighted by Crippen LogP contribution is 2.28. The lowest BCUT2D eigenvalue weighted by molar-refractivity contribution is 0.324. The van der Waals surface area contributed by atoms with Crippen LogP contribution >= 0.6 is 22.7 Å². The molecule has 0 aromatic carbocycles. The summed E-state index contributed by atoms with van der Waals surface area (Å²) in [4.78, 5) is 19.1. The summed E-state index contributed by atoms with van der Waals surface area (Å²) in [5.74, 6) is 0. The van der Waals surface area contributed by atoms with Crippen LogP contribution in [-0.2, 0) is 6.54 Å². The van der Waals surface area contributed by atoms with E-state index >= 15 is 0 Å². The summed E-state index contributed by atoms with van der Waals surface area (Å²) < 4.78 is 0. The Labute approximate surface area is 115 Å². The van der Waals surface area contributed by atoms with Gasteiger partial charge in [0.1, 0.15) is 0 Å². The Morgan fingerprint density at radius 2 is 2.28 bits per heavy atom.